The summed E-state index contributed by atoms with van der Waals surface area (Å²) in [4.78, 5) is 26.5. The highest BCUT2D eigenvalue weighted by Gasteiger charge is 2.32. The molecule has 194 valence electrons. The lowest BCUT2D eigenvalue weighted by Gasteiger charge is -2.34. The van der Waals surface area contributed by atoms with Gasteiger partial charge in [0.15, 0.2) is 5.78 Å². The molecule has 9 nitrogen and oxygen atoms in total. The molecule has 37 heavy (non-hydrogen) atoms. The van der Waals surface area contributed by atoms with Gasteiger partial charge in [-0.25, -0.2) is 17.9 Å². The number of amidine groups is 1. The van der Waals surface area contributed by atoms with E-state index in [9.17, 15) is 23.1 Å². The number of fused-ring (bicyclic) bond motifs is 1. The monoisotopic (exact) mass is 522 g/mol. The number of benzene rings is 3. The van der Waals surface area contributed by atoms with Gasteiger partial charge in [-0.15, -0.1) is 0 Å². The van der Waals surface area contributed by atoms with Crippen molar-refractivity contribution >= 4 is 38.5 Å². The van der Waals surface area contributed by atoms with Crippen LogP contribution in [-0.4, -0.2) is 54.8 Å². The van der Waals surface area contributed by atoms with E-state index in [0.29, 0.717) is 24.1 Å². The van der Waals surface area contributed by atoms with Crippen molar-refractivity contribution in [2.75, 3.05) is 6.54 Å². The Labute approximate surface area is 215 Å². The van der Waals surface area contributed by atoms with Crippen LogP contribution in [-0.2, 0) is 21.2 Å². The van der Waals surface area contributed by atoms with Crippen LogP contribution in [0.1, 0.15) is 36.8 Å². The number of sulfonamides is 1. The highest BCUT2D eigenvalue weighted by molar-refractivity contribution is 7.89. The molecule has 1 saturated heterocycles. The maximum Gasteiger partial charge on any atom is 0.407 e. The minimum absolute atomic E-state index is 0.0336. The molecular weight excluding hydrogens is 492 g/mol. The lowest BCUT2D eigenvalue weighted by molar-refractivity contribution is -0.121. The zero-order chi connectivity index (χ0) is 26.6. The summed E-state index contributed by atoms with van der Waals surface area (Å²) in [6.07, 6.45) is 0.931. The summed E-state index contributed by atoms with van der Waals surface area (Å²) < 4.78 is 29.4. The van der Waals surface area contributed by atoms with Crippen LogP contribution in [0.4, 0.5) is 4.79 Å². The van der Waals surface area contributed by atoms with Crippen LogP contribution in [0.25, 0.3) is 10.8 Å². The van der Waals surface area contributed by atoms with E-state index in [1.807, 2.05) is 24.3 Å². The quantitative estimate of drug-likeness (QED) is 0.249. The average Bonchev–Trinajstić information content (AvgIpc) is 2.88. The number of Topliss-reactive ketones (excluding diaryl/α,β-unsaturated/α-hetero) is 1. The van der Waals surface area contributed by atoms with Crippen molar-refractivity contribution in [2.24, 2.45) is 5.73 Å². The van der Waals surface area contributed by atoms with Gasteiger partial charge in [-0.1, -0.05) is 48.5 Å². The van der Waals surface area contributed by atoms with E-state index in [2.05, 4.69) is 4.72 Å². The maximum atomic E-state index is 13.5. The molecule has 0 bridgehead atoms. The first-order valence-electron chi connectivity index (χ1n) is 12.1. The predicted molar refractivity (Wildman–Crippen MR) is 141 cm³/mol. The largest absolute Gasteiger partial charge is 0.465 e. The second-order valence-corrected chi connectivity index (χ2v) is 11.0. The molecule has 3 aromatic carbocycles. The van der Waals surface area contributed by atoms with Crippen LogP contribution in [0.5, 0.6) is 0 Å². The number of carbonyl (C=O) groups excluding carboxylic acids is 1. The lowest BCUT2D eigenvalue weighted by atomic mass is 9.93. The number of rotatable bonds is 9. The molecule has 0 radical (unpaired) electrons. The van der Waals surface area contributed by atoms with E-state index in [-0.39, 0.29) is 23.6 Å². The number of ketones is 1. The van der Waals surface area contributed by atoms with Crippen LogP contribution in [0.15, 0.2) is 71.6 Å². The van der Waals surface area contributed by atoms with Gasteiger partial charge in [0.25, 0.3) is 0 Å². The number of nitrogen functional groups attached to an aromatic ring is 1. The first kappa shape index (κ1) is 26.3. The van der Waals surface area contributed by atoms with Gasteiger partial charge >= 0.3 is 6.09 Å². The number of hydrogen-bond acceptors (Lipinski definition) is 5. The zero-order valence-electron chi connectivity index (χ0n) is 20.3. The number of likely N-dealkylation sites (tertiary alicyclic amines) is 1. The van der Waals surface area contributed by atoms with E-state index in [0.717, 1.165) is 23.6 Å². The molecular formula is C27H30N4O5S. The number of carboxylic acid groups (broad SMARTS) is 1. The molecule has 1 heterocycles. The van der Waals surface area contributed by atoms with Gasteiger partial charge in [-0.05, 0) is 60.2 Å². The Balaban J connectivity index is 1.63. The molecule has 1 aliphatic heterocycles. The van der Waals surface area contributed by atoms with Crippen molar-refractivity contribution in [3.8, 4) is 0 Å². The third-order valence-corrected chi connectivity index (χ3v) is 8.17. The fourth-order valence-electron chi connectivity index (χ4n) is 4.75. The van der Waals surface area contributed by atoms with Crippen molar-refractivity contribution in [3.63, 3.8) is 0 Å². The van der Waals surface area contributed by atoms with E-state index in [4.69, 9.17) is 11.1 Å². The third kappa shape index (κ3) is 6.33. The van der Waals surface area contributed by atoms with Crippen molar-refractivity contribution in [2.45, 2.75) is 49.1 Å². The van der Waals surface area contributed by atoms with Gasteiger partial charge in [-0.3, -0.25) is 10.2 Å². The van der Waals surface area contributed by atoms with E-state index >= 15 is 0 Å². The molecule has 1 unspecified atom stereocenters. The van der Waals surface area contributed by atoms with Gasteiger partial charge < -0.3 is 15.7 Å². The number of hydrogen-bond donors (Lipinski definition) is 4. The van der Waals surface area contributed by atoms with Crippen LogP contribution < -0.4 is 10.5 Å². The van der Waals surface area contributed by atoms with Gasteiger partial charge in [-0.2, -0.15) is 0 Å². The van der Waals surface area contributed by atoms with Gasteiger partial charge in [0.1, 0.15) is 5.84 Å². The fourth-order valence-corrected chi connectivity index (χ4v) is 6.01. The van der Waals surface area contributed by atoms with Crippen LogP contribution in [0.3, 0.4) is 0 Å². The number of piperidine rings is 1. The van der Waals surface area contributed by atoms with Crippen molar-refractivity contribution in [1.82, 2.24) is 9.62 Å². The zero-order valence-corrected chi connectivity index (χ0v) is 21.1. The molecule has 0 spiro atoms. The summed E-state index contributed by atoms with van der Waals surface area (Å²) in [5, 5.41) is 18.9. The number of nitrogens with one attached hydrogen (secondary N) is 2. The Bertz CT molecular complexity index is 1440. The van der Waals surface area contributed by atoms with Gasteiger partial charge in [0, 0.05) is 24.6 Å². The number of carbonyl (C=O) groups is 2. The summed E-state index contributed by atoms with van der Waals surface area (Å²) in [7, 11) is -4.08. The molecule has 10 heteroatoms. The molecule has 0 aromatic heterocycles. The minimum atomic E-state index is -4.08. The fraction of sp³-hybridized carbons (Fsp3) is 0.296. The smallest absolute Gasteiger partial charge is 0.407 e. The first-order chi connectivity index (χ1) is 17.6. The molecule has 0 saturated carbocycles. The molecule has 1 aliphatic rings. The van der Waals surface area contributed by atoms with Crippen molar-refractivity contribution in [3.05, 3.63) is 77.9 Å². The Hall–Kier alpha value is -3.76. The van der Waals surface area contributed by atoms with Crippen LogP contribution in [0, 0.1) is 5.41 Å². The van der Waals surface area contributed by atoms with E-state index in [1.54, 1.807) is 36.4 Å². The molecule has 4 rings (SSSR count). The SMILES string of the molecule is N=C(N)c1cccc(C[C@H](NS(=O)(=O)c2ccc3ccccc3c2)C(=O)CC2CCCCN2C(=O)O)c1. The van der Waals surface area contributed by atoms with Crippen LogP contribution >= 0.6 is 0 Å². The van der Waals surface area contributed by atoms with E-state index in [1.165, 1.54) is 11.0 Å². The summed E-state index contributed by atoms with van der Waals surface area (Å²) in [6, 6.07) is 17.3. The van der Waals surface area contributed by atoms with Crippen molar-refractivity contribution < 1.29 is 23.1 Å². The Morgan fingerprint density at radius 3 is 2.54 bits per heavy atom. The molecule has 3 aromatic rings. The second-order valence-electron chi connectivity index (χ2n) is 9.30. The Morgan fingerprint density at radius 2 is 1.81 bits per heavy atom. The molecule has 1 fully saturated rings. The predicted octanol–water partition coefficient (Wildman–Crippen LogP) is 3.51. The Kier molecular flexibility index (Phi) is 7.89. The summed E-state index contributed by atoms with van der Waals surface area (Å²) in [5.74, 6) is -0.531. The normalized spacial score (nSPS) is 16.9. The number of nitrogens with two attached hydrogens (primary N) is 1. The van der Waals surface area contributed by atoms with Gasteiger partial charge in [0.05, 0.1) is 10.9 Å². The third-order valence-electron chi connectivity index (χ3n) is 6.70. The lowest BCUT2D eigenvalue weighted by Crippen LogP contribution is -2.48. The molecule has 2 atom stereocenters. The van der Waals surface area contributed by atoms with Gasteiger partial charge in [0.2, 0.25) is 10.0 Å². The van der Waals surface area contributed by atoms with Crippen LogP contribution in [0.2, 0.25) is 0 Å². The standard InChI is InChI=1S/C27H30N4O5S/c28-26(29)21-9-5-6-18(14-21)15-24(25(32)17-22-10-3-4-13-31(22)27(33)34)30-37(35,36)23-12-11-19-7-1-2-8-20(19)16-23/h1-2,5-9,11-12,14,16,22,24,30H,3-4,10,13,15,17H2,(H3,28,29)(H,33,34)/t22?,24-/m0/s1. The highest BCUT2D eigenvalue weighted by atomic mass is 32.2. The summed E-state index contributed by atoms with van der Waals surface area (Å²) >= 11 is 0. The maximum absolute atomic E-state index is 13.5. The Morgan fingerprint density at radius 1 is 1.05 bits per heavy atom. The summed E-state index contributed by atoms with van der Waals surface area (Å²) in [6.45, 7) is 0.349. The minimum Gasteiger partial charge on any atom is -0.465 e. The summed E-state index contributed by atoms with van der Waals surface area (Å²) in [5.41, 5.74) is 6.70. The number of amides is 1. The number of nitrogens with zero attached hydrogens (tertiary/aromatic N) is 1. The average molecular weight is 523 g/mol. The first-order valence-corrected chi connectivity index (χ1v) is 13.6. The molecule has 1 amide bonds. The second kappa shape index (κ2) is 11.1. The van der Waals surface area contributed by atoms with E-state index < -0.39 is 34.0 Å². The topological polar surface area (TPSA) is 154 Å². The highest BCUT2D eigenvalue weighted by Crippen LogP contribution is 2.23. The molecule has 0 aliphatic carbocycles. The van der Waals surface area contributed by atoms with Crippen molar-refractivity contribution in [1.29, 1.82) is 5.41 Å². The molecule has 5 N–H and O–H groups in total.